The summed E-state index contributed by atoms with van der Waals surface area (Å²) in [7, 11) is 0. The van der Waals surface area contributed by atoms with E-state index in [0.717, 1.165) is 12.8 Å². The summed E-state index contributed by atoms with van der Waals surface area (Å²) in [6.45, 7) is 2.94. The van der Waals surface area contributed by atoms with E-state index in [1.54, 1.807) is 0 Å². The van der Waals surface area contributed by atoms with Crippen molar-refractivity contribution in [1.29, 1.82) is 0 Å². The molecule has 5 heteroatoms. The first-order chi connectivity index (χ1) is 10.1. The Kier molecular flexibility index (Phi) is 13.1. The fraction of sp³-hybridized carbons (Fsp3) is 0.875. The van der Waals surface area contributed by atoms with Gasteiger partial charge < -0.3 is 16.8 Å². The molecular weight excluding hydrogens is 266 g/mol. The Balaban J connectivity index is 3.38. The molecule has 0 aliphatic carbocycles. The van der Waals surface area contributed by atoms with E-state index in [9.17, 15) is 9.59 Å². The van der Waals surface area contributed by atoms with E-state index in [-0.39, 0.29) is 6.42 Å². The van der Waals surface area contributed by atoms with Crippen LogP contribution >= 0.6 is 0 Å². The van der Waals surface area contributed by atoms with Gasteiger partial charge in [-0.3, -0.25) is 9.59 Å². The Bertz CT molecular complexity index is 283. The van der Waals surface area contributed by atoms with Crippen molar-refractivity contribution in [2.45, 2.75) is 83.6 Å². The van der Waals surface area contributed by atoms with Gasteiger partial charge in [0.1, 0.15) is 0 Å². The van der Waals surface area contributed by atoms with Gasteiger partial charge in [0.25, 0.3) is 0 Å². The molecule has 0 aromatic rings. The first kappa shape index (κ1) is 19.9. The van der Waals surface area contributed by atoms with Gasteiger partial charge in [0.05, 0.1) is 12.5 Å². The average molecular weight is 299 g/mol. The maximum Gasteiger partial charge on any atom is 0.235 e. The molecule has 0 spiro atoms. The van der Waals surface area contributed by atoms with Crippen LogP contribution in [0, 0.1) is 0 Å². The zero-order valence-corrected chi connectivity index (χ0v) is 13.5. The summed E-state index contributed by atoms with van der Waals surface area (Å²) in [5.41, 5.74) is 10.3. The van der Waals surface area contributed by atoms with Crippen molar-refractivity contribution in [3.8, 4) is 0 Å². The zero-order valence-electron chi connectivity index (χ0n) is 13.5. The minimum Gasteiger partial charge on any atom is -0.370 e. The molecule has 124 valence electrons. The highest BCUT2D eigenvalue weighted by atomic mass is 16.2. The van der Waals surface area contributed by atoms with Crippen LogP contribution in [0.15, 0.2) is 0 Å². The van der Waals surface area contributed by atoms with E-state index in [1.807, 2.05) is 0 Å². The van der Waals surface area contributed by atoms with Gasteiger partial charge in [-0.15, -0.1) is 0 Å². The summed E-state index contributed by atoms with van der Waals surface area (Å²) in [5, 5.41) is 3.00. The number of amides is 2. The van der Waals surface area contributed by atoms with E-state index >= 15 is 0 Å². The Labute approximate surface area is 129 Å². The molecule has 0 heterocycles. The summed E-state index contributed by atoms with van der Waals surface area (Å²) < 4.78 is 0. The molecule has 0 rings (SSSR count). The van der Waals surface area contributed by atoms with Gasteiger partial charge in [0.15, 0.2) is 0 Å². The van der Waals surface area contributed by atoms with Crippen molar-refractivity contribution in [2.24, 2.45) is 11.5 Å². The Morgan fingerprint density at radius 3 is 1.76 bits per heavy atom. The van der Waals surface area contributed by atoms with Crippen molar-refractivity contribution in [2.75, 3.05) is 6.54 Å². The van der Waals surface area contributed by atoms with Gasteiger partial charge in [-0.1, -0.05) is 64.7 Å². The van der Waals surface area contributed by atoms with E-state index in [2.05, 4.69) is 12.2 Å². The van der Waals surface area contributed by atoms with E-state index < -0.39 is 17.9 Å². The van der Waals surface area contributed by atoms with Crippen LogP contribution in [-0.4, -0.2) is 24.4 Å². The number of primary amides is 2. The monoisotopic (exact) mass is 299 g/mol. The van der Waals surface area contributed by atoms with Crippen molar-refractivity contribution in [3.05, 3.63) is 0 Å². The number of nitrogens with two attached hydrogens (primary N) is 2. The maximum absolute atomic E-state index is 11.1. The van der Waals surface area contributed by atoms with Crippen molar-refractivity contribution in [1.82, 2.24) is 5.32 Å². The number of carbonyl (C=O) groups excluding carboxylic acids is 2. The Morgan fingerprint density at radius 2 is 1.33 bits per heavy atom. The number of hydrogen-bond donors (Lipinski definition) is 3. The maximum atomic E-state index is 11.1. The van der Waals surface area contributed by atoms with Crippen LogP contribution in [0.5, 0.6) is 0 Å². The molecule has 1 atom stereocenters. The van der Waals surface area contributed by atoms with Crippen LogP contribution in [0.2, 0.25) is 0 Å². The summed E-state index contributed by atoms with van der Waals surface area (Å²) in [6.07, 6.45) is 12.7. The number of carbonyl (C=O) groups is 2. The minimum atomic E-state index is -0.624. The van der Waals surface area contributed by atoms with Crippen molar-refractivity contribution >= 4 is 11.8 Å². The molecule has 0 aromatic carbocycles. The summed E-state index contributed by atoms with van der Waals surface area (Å²) in [5.74, 6) is -1.02. The molecule has 0 saturated heterocycles. The Morgan fingerprint density at radius 1 is 0.857 bits per heavy atom. The molecule has 0 aromatic heterocycles. The second-order valence-electron chi connectivity index (χ2n) is 5.76. The molecule has 5 nitrogen and oxygen atoms in total. The number of hydrogen-bond acceptors (Lipinski definition) is 3. The molecule has 21 heavy (non-hydrogen) atoms. The second kappa shape index (κ2) is 13.9. The second-order valence-corrected chi connectivity index (χ2v) is 5.76. The van der Waals surface area contributed by atoms with Crippen LogP contribution < -0.4 is 16.8 Å². The van der Waals surface area contributed by atoms with Crippen LogP contribution in [0.4, 0.5) is 0 Å². The first-order valence-electron chi connectivity index (χ1n) is 8.39. The molecule has 1 unspecified atom stereocenters. The highest BCUT2D eigenvalue weighted by molar-refractivity contribution is 5.86. The molecule has 0 fully saturated rings. The van der Waals surface area contributed by atoms with Crippen LogP contribution in [0.1, 0.15) is 77.6 Å². The summed E-state index contributed by atoms with van der Waals surface area (Å²) in [4.78, 5) is 21.9. The lowest BCUT2D eigenvalue weighted by molar-refractivity contribution is -0.125. The van der Waals surface area contributed by atoms with Crippen molar-refractivity contribution < 1.29 is 9.59 Å². The lowest BCUT2D eigenvalue weighted by Crippen LogP contribution is -2.44. The largest absolute Gasteiger partial charge is 0.370 e. The first-order valence-corrected chi connectivity index (χ1v) is 8.39. The van der Waals surface area contributed by atoms with E-state index in [4.69, 9.17) is 11.5 Å². The molecule has 0 radical (unpaired) electrons. The molecular formula is C16H33N3O2. The fourth-order valence-electron chi connectivity index (χ4n) is 2.36. The third-order valence-electron chi connectivity index (χ3n) is 3.67. The molecule has 0 aliphatic rings. The smallest absolute Gasteiger partial charge is 0.235 e. The van der Waals surface area contributed by atoms with Gasteiger partial charge in [0.2, 0.25) is 11.8 Å². The van der Waals surface area contributed by atoms with E-state index in [0.29, 0.717) is 6.54 Å². The highest BCUT2D eigenvalue weighted by Gasteiger charge is 2.16. The molecule has 0 aliphatic heterocycles. The molecule has 2 amide bonds. The lowest BCUT2D eigenvalue weighted by Gasteiger charge is -2.13. The molecule has 0 saturated carbocycles. The normalized spacial score (nSPS) is 12.2. The summed E-state index contributed by atoms with van der Waals surface area (Å²) >= 11 is 0. The average Bonchev–Trinajstić information content (AvgIpc) is 2.42. The lowest BCUT2D eigenvalue weighted by atomic mass is 10.1. The molecule has 0 bridgehead atoms. The van der Waals surface area contributed by atoms with E-state index in [1.165, 1.54) is 51.4 Å². The highest BCUT2D eigenvalue weighted by Crippen LogP contribution is 2.10. The predicted octanol–water partition coefficient (Wildman–Crippen LogP) is 2.23. The number of nitrogens with one attached hydrogen (secondary N) is 1. The number of unbranched alkanes of at least 4 members (excludes halogenated alkanes) is 9. The third-order valence-corrected chi connectivity index (χ3v) is 3.67. The van der Waals surface area contributed by atoms with Gasteiger partial charge in [-0.2, -0.15) is 0 Å². The topological polar surface area (TPSA) is 98.2 Å². The minimum absolute atomic E-state index is 0.0207. The van der Waals surface area contributed by atoms with Gasteiger partial charge in [-0.25, -0.2) is 0 Å². The van der Waals surface area contributed by atoms with Gasteiger partial charge in [-0.05, 0) is 13.0 Å². The quantitative estimate of drug-likeness (QED) is 0.404. The SMILES string of the molecule is CCCCCCCCCCCCNC(CC(N)=O)C(N)=O. The standard InChI is InChI=1S/C16H33N3O2/c1-2-3-4-5-6-7-8-9-10-11-12-19-14(16(18)21)13-15(17)20/h14,19H,2-13H2,1H3,(H2,17,20)(H2,18,21). The fourth-order valence-corrected chi connectivity index (χ4v) is 2.36. The summed E-state index contributed by atoms with van der Waals surface area (Å²) in [6, 6.07) is -0.624. The van der Waals surface area contributed by atoms with Crippen LogP contribution in [-0.2, 0) is 9.59 Å². The van der Waals surface area contributed by atoms with Gasteiger partial charge >= 0.3 is 0 Å². The van der Waals surface area contributed by atoms with Crippen LogP contribution in [0.3, 0.4) is 0 Å². The number of rotatable bonds is 15. The molecule has 5 N–H and O–H groups in total. The third kappa shape index (κ3) is 13.6. The van der Waals surface area contributed by atoms with Gasteiger partial charge in [0, 0.05) is 0 Å². The van der Waals surface area contributed by atoms with Crippen molar-refractivity contribution in [3.63, 3.8) is 0 Å². The van der Waals surface area contributed by atoms with Crippen LogP contribution in [0.25, 0.3) is 0 Å². The Hall–Kier alpha value is -1.10. The zero-order chi connectivity index (χ0) is 15.9. The predicted molar refractivity (Wildman–Crippen MR) is 86.6 cm³/mol.